The molecule has 122 valence electrons. The number of carbonyl (C=O) groups is 1. The monoisotopic (exact) mass is 343 g/mol. The minimum absolute atomic E-state index is 0.0285. The number of benzene rings is 2. The summed E-state index contributed by atoms with van der Waals surface area (Å²) in [6.45, 7) is 0. The molecule has 0 aliphatic rings. The number of aromatic nitrogens is 2. The number of anilines is 1. The Hall–Kier alpha value is -3.13. The van der Waals surface area contributed by atoms with Crippen molar-refractivity contribution in [3.05, 3.63) is 72.3 Å². The molecule has 0 atom stereocenters. The van der Waals surface area contributed by atoms with Crippen LogP contribution in [0.1, 0.15) is 10.4 Å². The molecule has 2 N–H and O–H groups in total. The van der Waals surface area contributed by atoms with Gasteiger partial charge in [-0.2, -0.15) is 8.42 Å². The van der Waals surface area contributed by atoms with E-state index in [0.29, 0.717) is 9.65 Å². The second kappa shape index (κ2) is 6.17. The highest BCUT2D eigenvalue weighted by molar-refractivity contribution is 7.90. The smallest absolute Gasteiger partial charge is 0.344 e. The number of ether oxygens (including phenoxy) is 1. The number of carbonyl (C=O) groups excluding carboxylic acids is 1. The quantitative estimate of drug-likeness (QED) is 0.726. The lowest BCUT2D eigenvalue weighted by atomic mass is 10.2. The average molecular weight is 343 g/mol. The number of nitrogens with two attached hydrogens (primary N) is 1. The van der Waals surface area contributed by atoms with Crippen LogP contribution in [-0.2, 0) is 10.0 Å². The van der Waals surface area contributed by atoms with Gasteiger partial charge in [0.05, 0.1) is 10.5 Å². The second-order valence-electron chi connectivity index (χ2n) is 4.82. The van der Waals surface area contributed by atoms with Gasteiger partial charge in [0, 0.05) is 6.07 Å². The van der Waals surface area contributed by atoms with Gasteiger partial charge in [-0.15, -0.1) is 9.19 Å². The summed E-state index contributed by atoms with van der Waals surface area (Å²) >= 11 is 0. The Kier molecular flexibility index (Phi) is 4.05. The van der Waals surface area contributed by atoms with Gasteiger partial charge < -0.3 is 10.5 Å². The summed E-state index contributed by atoms with van der Waals surface area (Å²) in [6, 6.07) is 17.2. The van der Waals surface area contributed by atoms with Gasteiger partial charge >= 0.3 is 5.97 Å². The van der Waals surface area contributed by atoms with Crippen molar-refractivity contribution in [3.8, 4) is 5.88 Å². The van der Waals surface area contributed by atoms with Gasteiger partial charge in [0.2, 0.25) is 5.88 Å². The zero-order chi connectivity index (χ0) is 17.2. The summed E-state index contributed by atoms with van der Waals surface area (Å²) in [7, 11) is -3.96. The minimum atomic E-state index is -3.96. The molecular formula is C16H13N3O4S. The molecule has 0 spiro atoms. The van der Waals surface area contributed by atoms with Crippen LogP contribution in [0.15, 0.2) is 71.6 Å². The van der Waals surface area contributed by atoms with Gasteiger partial charge in [-0.25, -0.2) is 4.79 Å². The fourth-order valence-corrected chi connectivity index (χ4v) is 3.24. The molecule has 0 aliphatic carbocycles. The Balaban J connectivity index is 1.90. The first kappa shape index (κ1) is 15.8. The van der Waals surface area contributed by atoms with Crippen molar-refractivity contribution < 1.29 is 17.9 Å². The number of nitrogen functional groups attached to an aromatic ring is 1. The van der Waals surface area contributed by atoms with Crippen LogP contribution in [0.5, 0.6) is 5.88 Å². The highest BCUT2D eigenvalue weighted by Crippen LogP contribution is 2.21. The third-order valence-corrected chi connectivity index (χ3v) is 4.77. The molecule has 0 unspecified atom stereocenters. The van der Waals surface area contributed by atoms with E-state index in [-0.39, 0.29) is 16.6 Å². The van der Waals surface area contributed by atoms with Gasteiger partial charge in [-0.05, 0) is 24.3 Å². The second-order valence-corrected chi connectivity index (χ2v) is 6.59. The molecule has 0 saturated heterocycles. The van der Waals surface area contributed by atoms with Crippen LogP contribution in [0.4, 0.5) is 5.82 Å². The maximum absolute atomic E-state index is 12.5. The topological polar surface area (TPSA) is 104 Å². The van der Waals surface area contributed by atoms with Crippen molar-refractivity contribution in [3.63, 3.8) is 0 Å². The van der Waals surface area contributed by atoms with Crippen molar-refractivity contribution in [2.75, 3.05) is 5.73 Å². The maximum Gasteiger partial charge on any atom is 0.344 e. The summed E-state index contributed by atoms with van der Waals surface area (Å²) < 4.78 is 30.7. The molecule has 0 amide bonds. The summed E-state index contributed by atoms with van der Waals surface area (Å²) in [5.41, 5.74) is 6.03. The molecule has 3 rings (SSSR count). The normalized spacial score (nSPS) is 11.2. The van der Waals surface area contributed by atoms with Crippen LogP contribution in [0.2, 0.25) is 0 Å². The van der Waals surface area contributed by atoms with E-state index >= 15 is 0 Å². The molecule has 24 heavy (non-hydrogen) atoms. The number of rotatable bonds is 4. The zero-order valence-electron chi connectivity index (χ0n) is 12.4. The average Bonchev–Trinajstić information content (AvgIpc) is 2.97. The largest absolute Gasteiger partial charge is 0.402 e. The Morgan fingerprint density at radius 2 is 1.58 bits per heavy atom. The highest BCUT2D eigenvalue weighted by Gasteiger charge is 2.22. The van der Waals surface area contributed by atoms with Crippen molar-refractivity contribution in [2.24, 2.45) is 0 Å². The van der Waals surface area contributed by atoms with Crippen molar-refractivity contribution in [2.45, 2.75) is 4.90 Å². The van der Waals surface area contributed by atoms with Gasteiger partial charge in [0.15, 0.2) is 0 Å². The first-order valence-corrected chi connectivity index (χ1v) is 8.36. The summed E-state index contributed by atoms with van der Waals surface area (Å²) in [5.74, 6) is -1.01. The fourth-order valence-electron chi connectivity index (χ4n) is 2.02. The van der Waals surface area contributed by atoms with Crippen molar-refractivity contribution in [1.82, 2.24) is 9.19 Å². The molecule has 0 saturated carbocycles. The fraction of sp³-hybridized carbons (Fsp3) is 0. The molecule has 0 aliphatic heterocycles. The molecule has 2 aromatic carbocycles. The van der Waals surface area contributed by atoms with E-state index in [1.165, 1.54) is 18.2 Å². The van der Waals surface area contributed by atoms with Crippen molar-refractivity contribution in [1.29, 1.82) is 0 Å². The standard InChI is InChI=1S/C16H13N3O4S/c17-14-11-15(23-16(20)12-7-3-1-4-8-12)18-19(14)24(21,22)13-9-5-2-6-10-13/h1-11H,17H2. The van der Waals surface area contributed by atoms with Crippen LogP contribution < -0.4 is 10.5 Å². The van der Waals surface area contributed by atoms with Gasteiger partial charge in [-0.1, -0.05) is 36.4 Å². The Morgan fingerprint density at radius 1 is 1.00 bits per heavy atom. The molecule has 3 aromatic rings. The zero-order valence-corrected chi connectivity index (χ0v) is 13.2. The minimum Gasteiger partial charge on any atom is -0.402 e. The predicted molar refractivity (Wildman–Crippen MR) is 87.1 cm³/mol. The van der Waals surface area contributed by atoms with Crippen LogP contribution in [0.3, 0.4) is 0 Å². The maximum atomic E-state index is 12.5. The molecule has 1 heterocycles. The number of esters is 1. The summed E-state index contributed by atoms with van der Waals surface area (Å²) in [5, 5.41) is 3.78. The van der Waals surface area contributed by atoms with Crippen LogP contribution in [-0.4, -0.2) is 23.6 Å². The van der Waals surface area contributed by atoms with E-state index < -0.39 is 16.0 Å². The van der Waals surface area contributed by atoms with Crippen LogP contribution >= 0.6 is 0 Å². The highest BCUT2D eigenvalue weighted by atomic mass is 32.2. The summed E-state index contributed by atoms with van der Waals surface area (Å²) in [6.07, 6.45) is 0. The Labute approximate surface area is 138 Å². The number of hydrogen-bond acceptors (Lipinski definition) is 6. The molecule has 0 radical (unpaired) electrons. The number of nitrogens with zero attached hydrogens (tertiary/aromatic N) is 2. The third-order valence-electron chi connectivity index (χ3n) is 3.16. The molecular weight excluding hydrogens is 330 g/mol. The van der Waals surface area contributed by atoms with Gasteiger partial charge in [0.25, 0.3) is 10.0 Å². The molecule has 1 aromatic heterocycles. The third kappa shape index (κ3) is 2.99. The Morgan fingerprint density at radius 3 is 2.21 bits per heavy atom. The van der Waals surface area contributed by atoms with E-state index in [2.05, 4.69) is 5.10 Å². The van der Waals surface area contributed by atoms with Crippen LogP contribution in [0.25, 0.3) is 0 Å². The summed E-state index contributed by atoms with van der Waals surface area (Å²) in [4.78, 5) is 12.0. The van der Waals surface area contributed by atoms with E-state index in [1.807, 2.05) is 0 Å². The van der Waals surface area contributed by atoms with E-state index in [9.17, 15) is 13.2 Å². The lowest BCUT2D eigenvalue weighted by Crippen LogP contribution is -2.17. The van der Waals surface area contributed by atoms with E-state index in [4.69, 9.17) is 10.5 Å². The van der Waals surface area contributed by atoms with E-state index in [1.54, 1.807) is 48.5 Å². The SMILES string of the molecule is Nc1cc(OC(=O)c2ccccc2)nn1S(=O)(=O)c1ccccc1. The van der Waals surface area contributed by atoms with Gasteiger partial charge in [-0.3, -0.25) is 0 Å². The first-order chi connectivity index (χ1) is 11.5. The molecule has 0 fully saturated rings. The lowest BCUT2D eigenvalue weighted by molar-refractivity contribution is 0.0727. The molecule has 0 bridgehead atoms. The van der Waals surface area contributed by atoms with Gasteiger partial charge in [0.1, 0.15) is 5.82 Å². The van der Waals surface area contributed by atoms with Crippen LogP contribution in [0, 0.1) is 0 Å². The van der Waals surface area contributed by atoms with Crippen molar-refractivity contribution >= 4 is 21.8 Å². The van der Waals surface area contributed by atoms with E-state index in [0.717, 1.165) is 0 Å². The molecule has 7 nitrogen and oxygen atoms in total. The first-order valence-electron chi connectivity index (χ1n) is 6.92. The number of hydrogen-bond donors (Lipinski definition) is 1. The lowest BCUT2D eigenvalue weighted by Gasteiger charge is -2.05. The Bertz CT molecular complexity index is 967. The predicted octanol–water partition coefficient (Wildman–Crippen LogP) is 1.92. The molecule has 8 heteroatoms.